The van der Waals surface area contributed by atoms with Crippen LogP contribution in [0.15, 0.2) is 59.7 Å². The topological polar surface area (TPSA) is 60.1 Å². The molecule has 1 fully saturated rings. The lowest BCUT2D eigenvalue weighted by atomic mass is 9.99. The van der Waals surface area contributed by atoms with E-state index in [-0.39, 0.29) is 24.1 Å². The van der Waals surface area contributed by atoms with Crippen molar-refractivity contribution in [3.63, 3.8) is 0 Å². The SMILES string of the molecule is O=C(Cn1c(=O)ccc2ccccc21)N1CCCC[C@H]1CCn1cccn1. The average Bonchev–Trinajstić information content (AvgIpc) is 3.22. The van der Waals surface area contributed by atoms with Crippen LogP contribution < -0.4 is 5.56 Å². The first-order chi connectivity index (χ1) is 13.2. The van der Waals surface area contributed by atoms with Crippen molar-refractivity contribution < 1.29 is 4.79 Å². The molecule has 1 aliphatic heterocycles. The van der Waals surface area contributed by atoms with Gasteiger partial charge in [0.25, 0.3) is 5.56 Å². The number of nitrogens with zero attached hydrogens (tertiary/aromatic N) is 4. The first kappa shape index (κ1) is 17.5. The number of likely N-dealkylation sites (tertiary alicyclic amines) is 1. The predicted molar refractivity (Wildman–Crippen MR) is 104 cm³/mol. The van der Waals surface area contributed by atoms with Crippen LogP contribution in [0.1, 0.15) is 25.7 Å². The fourth-order valence-corrected chi connectivity index (χ4v) is 3.98. The monoisotopic (exact) mass is 364 g/mol. The molecule has 1 aliphatic rings. The zero-order valence-electron chi connectivity index (χ0n) is 15.3. The summed E-state index contributed by atoms with van der Waals surface area (Å²) >= 11 is 0. The summed E-state index contributed by atoms with van der Waals surface area (Å²) in [6.45, 7) is 1.66. The van der Waals surface area contributed by atoms with Gasteiger partial charge < -0.3 is 4.90 Å². The van der Waals surface area contributed by atoms with Gasteiger partial charge in [0.15, 0.2) is 0 Å². The summed E-state index contributed by atoms with van der Waals surface area (Å²) in [5, 5.41) is 5.22. The van der Waals surface area contributed by atoms with Gasteiger partial charge >= 0.3 is 0 Å². The predicted octanol–water partition coefficient (Wildman–Crippen LogP) is 2.67. The second-order valence-electron chi connectivity index (χ2n) is 7.11. The summed E-state index contributed by atoms with van der Waals surface area (Å²) < 4.78 is 3.50. The summed E-state index contributed by atoms with van der Waals surface area (Å²) in [5.74, 6) is 0.0265. The van der Waals surface area contributed by atoms with E-state index in [1.807, 2.05) is 52.2 Å². The number of fused-ring (bicyclic) bond motifs is 1. The highest BCUT2D eigenvalue weighted by Crippen LogP contribution is 2.21. The average molecular weight is 364 g/mol. The number of carbonyl (C=O) groups excluding carboxylic acids is 1. The molecule has 27 heavy (non-hydrogen) atoms. The minimum Gasteiger partial charge on any atom is -0.338 e. The summed E-state index contributed by atoms with van der Waals surface area (Å²) in [6, 6.07) is 13.2. The van der Waals surface area contributed by atoms with E-state index in [1.54, 1.807) is 16.8 Å². The van der Waals surface area contributed by atoms with Crippen LogP contribution in [0.5, 0.6) is 0 Å². The molecule has 3 aromatic rings. The van der Waals surface area contributed by atoms with Crippen molar-refractivity contribution in [1.82, 2.24) is 19.2 Å². The number of hydrogen-bond acceptors (Lipinski definition) is 3. The van der Waals surface area contributed by atoms with Crippen LogP contribution in [0.3, 0.4) is 0 Å². The molecule has 1 aromatic carbocycles. The van der Waals surface area contributed by atoms with Crippen LogP contribution in [0.4, 0.5) is 0 Å². The third-order valence-electron chi connectivity index (χ3n) is 5.39. The van der Waals surface area contributed by atoms with Gasteiger partial charge in [-0.05, 0) is 49.3 Å². The summed E-state index contributed by atoms with van der Waals surface area (Å²) in [6.07, 6.45) is 7.78. The van der Waals surface area contributed by atoms with Crippen molar-refractivity contribution in [2.24, 2.45) is 0 Å². The molecule has 1 amide bonds. The van der Waals surface area contributed by atoms with E-state index in [0.717, 1.165) is 49.7 Å². The highest BCUT2D eigenvalue weighted by molar-refractivity contribution is 5.82. The van der Waals surface area contributed by atoms with E-state index >= 15 is 0 Å². The van der Waals surface area contributed by atoms with Crippen LogP contribution in [-0.4, -0.2) is 37.7 Å². The normalized spacial score (nSPS) is 17.3. The summed E-state index contributed by atoms with van der Waals surface area (Å²) in [7, 11) is 0. The molecular formula is C21H24N4O2. The Morgan fingerprint density at radius 3 is 2.85 bits per heavy atom. The van der Waals surface area contributed by atoms with Crippen molar-refractivity contribution in [2.75, 3.05) is 6.54 Å². The van der Waals surface area contributed by atoms with Gasteiger partial charge in [-0.3, -0.25) is 18.8 Å². The number of amides is 1. The number of benzene rings is 1. The minimum atomic E-state index is -0.132. The number of piperidine rings is 1. The third-order valence-corrected chi connectivity index (χ3v) is 5.39. The van der Waals surface area contributed by atoms with Crippen molar-refractivity contribution in [2.45, 2.75) is 44.8 Å². The first-order valence-electron chi connectivity index (χ1n) is 9.58. The van der Waals surface area contributed by atoms with Gasteiger partial charge in [-0.15, -0.1) is 0 Å². The molecule has 0 saturated carbocycles. The third kappa shape index (κ3) is 3.79. The second kappa shape index (κ2) is 7.78. The molecule has 0 spiro atoms. The smallest absolute Gasteiger partial charge is 0.251 e. The molecule has 4 rings (SSSR count). The van der Waals surface area contributed by atoms with Gasteiger partial charge in [0.1, 0.15) is 6.54 Å². The Kier molecular flexibility index (Phi) is 5.05. The molecule has 140 valence electrons. The molecular weight excluding hydrogens is 340 g/mol. The van der Waals surface area contributed by atoms with Crippen molar-refractivity contribution >= 4 is 16.8 Å². The van der Waals surface area contributed by atoms with E-state index < -0.39 is 0 Å². The number of rotatable bonds is 5. The van der Waals surface area contributed by atoms with E-state index in [0.29, 0.717) is 0 Å². The molecule has 0 unspecified atom stereocenters. The van der Waals surface area contributed by atoms with E-state index in [9.17, 15) is 9.59 Å². The summed E-state index contributed by atoms with van der Waals surface area (Å²) in [5.41, 5.74) is 0.676. The molecule has 0 bridgehead atoms. The largest absolute Gasteiger partial charge is 0.338 e. The Labute approximate surface area is 158 Å². The van der Waals surface area contributed by atoms with Gasteiger partial charge in [0, 0.05) is 37.6 Å². The minimum absolute atomic E-state index is 0.0265. The quantitative estimate of drug-likeness (QED) is 0.699. The van der Waals surface area contributed by atoms with Gasteiger partial charge in [0.05, 0.1) is 5.52 Å². The summed E-state index contributed by atoms with van der Waals surface area (Å²) in [4.78, 5) is 27.4. The number of carbonyl (C=O) groups is 1. The Balaban J connectivity index is 1.52. The number of pyridine rings is 1. The van der Waals surface area contributed by atoms with Crippen molar-refractivity contribution in [3.05, 3.63) is 65.2 Å². The van der Waals surface area contributed by atoms with E-state index in [2.05, 4.69) is 5.10 Å². The number of aryl methyl sites for hydroxylation is 1. The highest BCUT2D eigenvalue weighted by atomic mass is 16.2. The second-order valence-corrected chi connectivity index (χ2v) is 7.11. The van der Waals surface area contributed by atoms with Crippen LogP contribution in [0.25, 0.3) is 10.9 Å². The number of hydrogen-bond donors (Lipinski definition) is 0. The van der Waals surface area contributed by atoms with Gasteiger partial charge in [0.2, 0.25) is 5.91 Å². The molecule has 3 heterocycles. The Morgan fingerprint density at radius 2 is 2.00 bits per heavy atom. The molecule has 6 heteroatoms. The standard InChI is InChI=1S/C21H24N4O2/c26-20-10-9-17-6-1-2-8-19(17)25(20)16-21(27)24-14-4-3-7-18(24)11-15-23-13-5-12-22-23/h1-2,5-6,8-10,12-13,18H,3-4,7,11,14-16H2/t18-/m0/s1. The molecule has 0 N–H and O–H groups in total. The fourth-order valence-electron chi connectivity index (χ4n) is 3.98. The molecule has 1 saturated heterocycles. The lowest BCUT2D eigenvalue weighted by Gasteiger charge is -2.36. The maximum Gasteiger partial charge on any atom is 0.251 e. The van der Waals surface area contributed by atoms with Crippen LogP contribution in [-0.2, 0) is 17.9 Å². The van der Waals surface area contributed by atoms with Crippen LogP contribution in [0, 0.1) is 0 Å². The van der Waals surface area contributed by atoms with Crippen molar-refractivity contribution in [3.8, 4) is 0 Å². The Hall–Kier alpha value is -2.89. The van der Waals surface area contributed by atoms with E-state index in [1.165, 1.54) is 0 Å². The lowest BCUT2D eigenvalue weighted by molar-refractivity contribution is -0.135. The number of aromatic nitrogens is 3. The molecule has 2 aromatic heterocycles. The lowest BCUT2D eigenvalue weighted by Crippen LogP contribution is -2.46. The zero-order chi connectivity index (χ0) is 18.6. The Bertz CT molecular complexity index is 977. The maximum atomic E-state index is 13.1. The van der Waals surface area contributed by atoms with Crippen molar-refractivity contribution in [1.29, 1.82) is 0 Å². The van der Waals surface area contributed by atoms with Gasteiger partial charge in [-0.2, -0.15) is 5.10 Å². The molecule has 1 atom stereocenters. The van der Waals surface area contributed by atoms with E-state index in [4.69, 9.17) is 0 Å². The molecule has 0 aliphatic carbocycles. The Morgan fingerprint density at radius 1 is 1.11 bits per heavy atom. The zero-order valence-corrected chi connectivity index (χ0v) is 15.3. The maximum absolute atomic E-state index is 13.1. The van der Waals surface area contributed by atoms with Crippen LogP contribution in [0.2, 0.25) is 0 Å². The van der Waals surface area contributed by atoms with Crippen LogP contribution >= 0.6 is 0 Å². The highest BCUT2D eigenvalue weighted by Gasteiger charge is 2.27. The molecule has 0 radical (unpaired) electrons. The fraction of sp³-hybridized carbons (Fsp3) is 0.381. The first-order valence-corrected chi connectivity index (χ1v) is 9.58. The van der Waals surface area contributed by atoms with Gasteiger partial charge in [-0.1, -0.05) is 18.2 Å². The molecule has 6 nitrogen and oxygen atoms in total. The van der Waals surface area contributed by atoms with Gasteiger partial charge in [-0.25, -0.2) is 0 Å². The number of para-hydroxylation sites is 1.